The zero-order valence-electron chi connectivity index (χ0n) is 16.5. The first kappa shape index (κ1) is 19.3. The number of carbonyl (C=O) groups excluding carboxylic acids is 1. The second-order valence-electron chi connectivity index (χ2n) is 7.14. The second-order valence-corrected chi connectivity index (χ2v) is 7.14. The molecule has 0 unspecified atom stereocenters. The van der Waals surface area contributed by atoms with E-state index in [1.54, 1.807) is 0 Å². The Hall–Kier alpha value is -2.43. The third-order valence-corrected chi connectivity index (χ3v) is 5.32. The van der Waals surface area contributed by atoms with Crippen LogP contribution in [0.4, 0.5) is 5.82 Å². The maximum absolute atomic E-state index is 12.8. The molecule has 0 atom stereocenters. The topological polar surface area (TPSA) is 49.3 Å². The minimum absolute atomic E-state index is 0.147. The Balaban J connectivity index is 1.62. The molecule has 3 rings (SSSR count). The molecule has 2 heterocycles. The van der Waals surface area contributed by atoms with Crippen molar-refractivity contribution in [2.45, 2.75) is 39.5 Å². The van der Waals surface area contributed by atoms with Gasteiger partial charge in [0.05, 0.1) is 0 Å². The Morgan fingerprint density at radius 3 is 2.56 bits per heavy atom. The summed E-state index contributed by atoms with van der Waals surface area (Å²) in [5.41, 5.74) is 1.03. The lowest BCUT2D eigenvalue weighted by Gasteiger charge is -2.34. The van der Waals surface area contributed by atoms with Gasteiger partial charge in [0.25, 0.3) is 0 Å². The molecule has 1 amide bonds. The van der Waals surface area contributed by atoms with E-state index in [1.807, 2.05) is 47.5 Å². The molecule has 1 saturated heterocycles. The molecule has 0 bridgehead atoms. The molecule has 144 valence electrons. The normalized spacial score (nSPS) is 15.0. The van der Waals surface area contributed by atoms with E-state index >= 15 is 0 Å². The fraction of sp³-hybridized carbons (Fsp3) is 0.500. The smallest absolute Gasteiger partial charge is 0.225 e. The molecule has 2 aromatic rings. The lowest BCUT2D eigenvalue weighted by atomic mass is 9.95. The summed E-state index contributed by atoms with van der Waals surface area (Å²) in [4.78, 5) is 26.3. The average Bonchev–Trinajstić information content (AvgIpc) is 2.75. The molecule has 1 aromatic carbocycles. The summed E-state index contributed by atoms with van der Waals surface area (Å²) in [5.74, 6) is 2.18. The summed E-state index contributed by atoms with van der Waals surface area (Å²) in [7, 11) is 0. The predicted molar refractivity (Wildman–Crippen MR) is 110 cm³/mol. The van der Waals surface area contributed by atoms with E-state index in [4.69, 9.17) is 4.98 Å². The van der Waals surface area contributed by atoms with E-state index in [-0.39, 0.29) is 5.92 Å². The molecule has 5 heteroatoms. The van der Waals surface area contributed by atoms with Gasteiger partial charge in [-0.2, -0.15) is 0 Å². The van der Waals surface area contributed by atoms with Gasteiger partial charge in [0.1, 0.15) is 5.82 Å². The molecule has 0 saturated carbocycles. The number of aromatic nitrogens is 2. The Kier molecular flexibility index (Phi) is 6.80. The molecule has 0 radical (unpaired) electrons. The van der Waals surface area contributed by atoms with Crippen LogP contribution in [0.2, 0.25) is 0 Å². The third kappa shape index (κ3) is 4.85. The Bertz CT molecular complexity index is 726. The number of hydrogen-bond donors (Lipinski definition) is 0. The van der Waals surface area contributed by atoms with Crippen LogP contribution in [-0.4, -0.2) is 47.0 Å². The van der Waals surface area contributed by atoms with Crippen LogP contribution in [0.15, 0.2) is 42.6 Å². The maximum Gasteiger partial charge on any atom is 0.225 e. The van der Waals surface area contributed by atoms with Crippen LogP contribution in [0.3, 0.4) is 0 Å². The van der Waals surface area contributed by atoms with Crippen LogP contribution in [0, 0.1) is 5.92 Å². The molecule has 0 spiro atoms. The number of rotatable bonds is 7. The zero-order chi connectivity index (χ0) is 19.1. The van der Waals surface area contributed by atoms with Crippen molar-refractivity contribution in [2.75, 3.05) is 31.1 Å². The highest BCUT2D eigenvalue weighted by atomic mass is 16.2. The molecular formula is C22H30N4O. The summed E-state index contributed by atoms with van der Waals surface area (Å²) in [6, 6.07) is 12.0. The van der Waals surface area contributed by atoms with Crippen molar-refractivity contribution < 1.29 is 4.79 Å². The molecule has 1 aromatic heterocycles. The molecule has 1 aliphatic rings. The quantitative estimate of drug-likeness (QED) is 0.743. The van der Waals surface area contributed by atoms with Crippen LogP contribution in [0.25, 0.3) is 11.4 Å². The fourth-order valence-electron chi connectivity index (χ4n) is 3.64. The van der Waals surface area contributed by atoms with Crippen molar-refractivity contribution >= 4 is 11.7 Å². The first-order valence-corrected chi connectivity index (χ1v) is 10.1. The van der Waals surface area contributed by atoms with Crippen LogP contribution in [0.5, 0.6) is 0 Å². The first-order valence-electron chi connectivity index (χ1n) is 10.1. The predicted octanol–water partition coefficient (Wildman–Crippen LogP) is 4.01. The van der Waals surface area contributed by atoms with Gasteiger partial charge in [-0.25, -0.2) is 9.97 Å². The Labute approximate surface area is 162 Å². The molecule has 1 fully saturated rings. The van der Waals surface area contributed by atoms with Gasteiger partial charge in [0.15, 0.2) is 5.82 Å². The maximum atomic E-state index is 12.8. The zero-order valence-corrected chi connectivity index (χ0v) is 16.5. The molecule has 0 N–H and O–H groups in total. The number of piperidine rings is 1. The highest BCUT2D eigenvalue weighted by molar-refractivity contribution is 5.79. The van der Waals surface area contributed by atoms with Gasteiger partial charge in [-0.3, -0.25) is 4.79 Å². The van der Waals surface area contributed by atoms with Crippen molar-refractivity contribution in [1.29, 1.82) is 0 Å². The number of unbranched alkanes of at least 4 members (excludes halogenated alkanes) is 1. The van der Waals surface area contributed by atoms with E-state index in [9.17, 15) is 4.79 Å². The van der Waals surface area contributed by atoms with Gasteiger partial charge in [0.2, 0.25) is 5.91 Å². The number of hydrogen-bond acceptors (Lipinski definition) is 4. The number of amides is 1. The summed E-state index contributed by atoms with van der Waals surface area (Å²) in [5, 5.41) is 0. The third-order valence-electron chi connectivity index (χ3n) is 5.32. The minimum atomic E-state index is 0.147. The highest BCUT2D eigenvalue weighted by Crippen LogP contribution is 2.25. The summed E-state index contributed by atoms with van der Waals surface area (Å²) >= 11 is 0. The van der Waals surface area contributed by atoms with Crippen LogP contribution < -0.4 is 4.90 Å². The van der Waals surface area contributed by atoms with Gasteiger partial charge in [-0.05, 0) is 32.3 Å². The van der Waals surface area contributed by atoms with Crippen molar-refractivity contribution in [2.24, 2.45) is 5.92 Å². The molecular weight excluding hydrogens is 336 g/mol. The molecule has 27 heavy (non-hydrogen) atoms. The first-order chi connectivity index (χ1) is 13.2. The van der Waals surface area contributed by atoms with Gasteiger partial charge in [-0.15, -0.1) is 0 Å². The van der Waals surface area contributed by atoms with E-state index in [0.717, 1.165) is 69.1 Å². The van der Waals surface area contributed by atoms with Crippen LogP contribution in [-0.2, 0) is 4.79 Å². The fourth-order valence-corrected chi connectivity index (χ4v) is 3.64. The van der Waals surface area contributed by atoms with Crippen molar-refractivity contribution in [3.63, 3.8) is 0 Å². The number of anilines is 1. The monoisotopic (exact) mass is 366 g/mol. The standard InChI is InChI=1S/C22H30N4O/c1-3-5-15-25(4-2)22(27)19-12-16-26(17-13-19)20-11-14-23-21(24-20)18-9-7-6-8-10-18/h6-11,14,19H,3-5,12-13,15-17H2,1-2H3. The molecule has 1 aliphatic heterocycles. The Morgan fingerprint density at radius 2 is 1.89 bits per heavy atom. The van der Waals surface area contributed by atoms with Gasteiger partial charge in [0, 0.05) is 43.9 Å². The van der Waals surface area contributed by atoms with E-state index in [1.165, 1.54) is 0 Å². The average molecular weight is 367 g/mol. The lowest BCUT2D eigenvalue weighted by Crippen LogP contribution is -2.43. The van der Waals surface area contributed by atoms with Gasteiger partial charge >= 0.3 is 0 Å². The van der Waals surface area contributed by atoms with Gasteiger partial charge < -0.3 is 9.80 Å². The highest BCUT2D eigenvalue weighted by Gasteiger charge is 2.28. The lowest BCUT2D eigenvalue weighted by molar-refractivity contribution is -0.136. The van der Waals surface area contributed by atoms with E-state index in [2.05, 4.69) is 23.7 Å². The van der Waals surface area contributed by atoms with Crippen LogP contribution >= 0.6 is 0 Å². The second kappa shape index (κ2) is 9.49. The van der Waals surface area contributed by atoms with Crippen molar-refractivity contribution in [3.8, 4) is 11.4 Å². The summed E-state index contributed by atoms with van der Waals surface area (Å²) < 4.78 is 0. The number of nitrogens with zero attached hydrogens (tertiary/aromatic N) is 4. The van der Waals surface area contributed by atoms with Crippen molar-refractivity contribution in [3.05, 3.63) is 42.6 Å². The van der Waals surface area contributed by atoms with Gasteiger partial charge in [-0.1, -0.05) is 43.7 Å². The largest absolute Gasteiger partial charge is 0.356 e. The summed E-state index contributed by atoms with van der Waals surface area (Å²) in [6.45, 7) is 7.68. The van der Waals surface area contributed by atoms with Crippen LogP contribution in [0.1, 0.15) is 39.5 Å². The molecule has 0 aliphatic carbocycles. The number of benzene rings is 1. The minimum Gasteiger partial charge on any atom is -0.356 e. The molecule has 5 nitrogen and oxygen atoms in total. The number of carbonyl (C=O) groups is 1. The van der Waals surface area contributed by atoms with Crippen molar-refractivity contribution in [1.82, 2.24) is 14.9 Å². The Morgan fingerprint density at radius 1 is 1.15 bits per heavy atom. The van der Waals surface area contributed by atoms with E-state index < -0.39 is 0 Å². The SMILES string of the molecule is CCCCN(CC)C(=O)C1CCN(c2ccnc(-c3ccccc3)n2)CC1. The van der Waals surface area contributed by atoms with E-state index in [0.29, 0.717) is 5.91 Å². The summed E-state index contributed by atoms with van der Waals surface area (Å²) in [6.07, 6.45) is 5.82.